The first-order chi connectivity index (χ1) is 11.9. The van der Waals surface area contributed by atoms with Crippen molar-refractivity contribution in [2.75, 3.05) is 10.6 Å². The van der Waals surface area contributed by atoms with Crippen molar-refractivity contribution in [3.63, 3.8) is 0 Å². The maximum absolute atomic E-state index is 12.8. The third-order valence-electron chi connectivity index (χ3n) is 3.05. The molecule has 25 heavy (non-hydrogen) atoms. The number of nitrogens with zero attached hydrogens (tertiary/aromatic N) is 3. The number of hydrogen-bond acceptors (Lipinski definition) is 6. The van der Waals surface area contributed by atoms with Gasteiger partial charge in [-0.05, 0) is 30.3 Å². The number of furan rings is 1. The average molecular weight is 461 g/mol. The number of rotatable bonds is 5. The minimum atomic E-state index is -4.42. The lowest BCUT2D eigenvalue weighted by molar-refractivity contribution is -0.137. The average Bonchev–Trinajstić information content (AvgIpc) is 3.05. The van der Waals surface area contributed by atoms with Crippen LogP contribution < -0.4 is 10.6 Å². The minimum absolute atomic E-state index is 0.140. The molecule has 3 aromatic rings. The van der Waals surface area contributed by atoms with Gasteiger partial charge in [0.15, 0.2) is 3.83 Å². The van der Waals surface area contributed by atoms with E-state index < -0.39 is 11.7 Å². The molecule has 0 fully saturated rings. The Morgan fingerprint density at radius 3 is 2.56 bits per heavy atom. The van der Waals surface area contributed by atoms with Crippen LogP contribution in [-0.4, -0.2) is 15.0 Å². The second-order valence-corrected chi connectivity index (χ2v) is 5.85. The second kappa shape index (κ2) is 7.25. The van der Waals surface area contributed by atoms with Crippen molar-refractivity contribution in [3.05, 3.63) is 57.8 Å². The van der Waals surface area contributed by atoms with Gasteiger partial charge in [0, 0.05) is 28.3 Å². The van der Waals surface area contributed by atoms with E-state index in [0.29, 0.717) is 16.1 Å². The second-order valence-electron chi connectivity index (χ2n) is 4.89. The van der Waals surface area contributed by atoms with Crippen molar-refractivity contribution >= 4 is 40.2 Å². The van der Waals surface area contributed by atoms with Crippen molar-refractivity contribution in [1.29, 1.82) is 0 Å². The molecule has 0 atom stereocenters. The molecule has 0 aliphatic rings. The number of hydrogen-bond donors (Lipinski definition) is 2. The fourth-order valence-corrected chi connectivity index (χ4v) is 2.42. The third-order valence-corrected chi connectivity index (χ3v) is 3.54. The molecule has 130 valence electrons. The topological polar surface area (TPSA) is 75.9 Å². The number of alkyl halides is 3. The number of nitrogens with one attached hydrogen (secondary N) is 2. The van der Waals surface area contributed by atoms with E-state index in [1.165, 1.54) is 12.1 Å². The molecule has 0 spiro atoms. The summed E-state index contributed by atoms with van der Waals surface area (Å²) in [5.74, 6) is 1.12. The van der Waals surface area contributed by atoms with Crippen LogP contribution in [0.5, 0.6) is 0 Å². The number of anilines is 3. The van der Waals surface area contributed by atoms with Crippen molar-refractivity contribution in [2.45, 2.75) is 12.7 Å². The molecule has 0 saturated carbocycles. The van der Waals surface area contributed by atoms with Gasteiger partial charge < -0.3 is 15.1 Å². The summed E-state index contributed by atoms with van der Waals surface area (Å²) in [6.07, 6.45) is -2.87. The first kappa shape index (κ1) is 17.5. The van der Waals surface area contributed by atoms with Gasteiger partial charge in [0.1, 0.15) is 5.76 Å². The smallest absolute Gasteiger partial charge is 0.416 e. The van der Waals surface area contributed by atoms with Gasteiger partial charge in [-0.15, -0.1) is 0 Å². The standard InChI is InChI=1S/C15H11F3IN5O/c16-15(17,18)9-3-1-4-10(7-9)21-14-23-12(19)22-13(24-14)20-8-11-5-2-6-25-11/h1-7H,8H2,(H2,20,21,22,23,24). The number of halogens is 4. The van der Waals surface area contributed by atoms with E-state index >= 15 is 0 Å². The fraction of sp³-hybridized carbons (Fsp3) is 0.133. The highest BCUT2D eigenvalue weighted by atomic mass is 127. The SMILES string of the molecule is FC(F)(F)c1cccc(Nc2nc(I)nc(NCc3ccco3)n2)c1. The highest BCUT2D eigenvalue weighted by Crippen LogP contribution is 2.31. The fourth-order valence-electron chi connectivity index (χ4n) is 1.97. The van der Waals surface area contributed by atoms with Crippen molar-refractivity contribution < 1.29 is 17.6 Å². The largest absolute Gasteiger partial charge is 0.467 e. The molecule has 0 saturated heterocycles. The van der Waals surface area contributed by atoms with Gasteiger partial charge in [-0.25, -0.2) is 0 Å². The Hall–Kier alpha value is -2.37. The Labute approximate surface area is 154 Å². The van der Waals surface area contributed by atoms with E-state index in [9.17, 15) is 13.2 Å². The summed E-state index contributed by atoms with van der Waals surface area (Å²) in [7, 11) is 0. The molecule has 0 unspecified atom stereocenters. The lowest BCUT2D eigenvalue weighted by Crippen LogP contribution is -2.09. The van der Waals surface area contributed by atoms with E-state index in [2.05, 4.69) is 25.6 Å². The zero-order valence-corrected chi connectivity index (χ0v) is 14.7. The van der Waals surface area contributed by atoms with E-state index in [4.69, 9.17) is 4.42 Å². The molecular formula is C15H11F3IN5O. The van der Waals surface area contributed by atoms with Crippen molar-refractivity contribution in [2.24, 2.45) is 0 Å². The summed E-state index contributed by atoms with van der Waals surface area (Å²) < 4.78 is 43.9. The predicted molar refractivity (Wildman–Crippen MR) is 93.3 cm³/mol. The lowest BCUT2D eigenvalue weighted by Gasteiger charge is -2.10. The van der Waals surface area contributed by atoms with Gasteiger partial charge in [0.05, 0.1) is 18.4 Å². The Balaban J connectivity index is 1.76. The van der Waals surface area contributed by atoms with Gasteiger partial charge >= 0.3 is 6.18 Å². The third kappa shape index (κ3) is 4.81. The molecule has 2 aromatic heterocycles. The van der Waals surface area contributed by atoms with Crippen LogP contribution >= 0.6 is 22.6 Å². The Morgan fingerprint density at radius 1 is 1.04 bits per heavy atom. The monoisotopic (exact) mass is 461 g/mol. The van der Waals surface area contributed by atoms with Crippen molar-refractivity contribution in [1.82, 2.24) is 15.0 Å². The normalized spacial score (nSPS) is 11.4. The van der Waals surface area contributed by atoms with Gasteiger partial charge in [0.2, 0.25) is 11.9 Å². The molecule has 1 aromatic carbocycles. The van der Waals surface area contributed by atoms with Crippen molar-refractivity contribution in [3.8, 4) is 0 Å². The van der Waals surface area contributed by atoms with E-state index in [-0.39, 0.29) is 17.6 Å². The molecule has 2 heterocycles. The molecule has 0 radical (unpaired) electrons. The van der Waals surface area contributed by atoms with Crippen LogP contribution in [0.4, 0.5) is 30.8 Å². The molecule has 2 N–H and O–H groups in total. The number of benzene rings is 1. The zero-order valence-electron chi connectivity index (χ0n) is 12.5. The van der Waals surface area contributed by atoms with Gasteiger partial charge in [-0.1, -0.05) is 6.07 Å². The van der Waals surface area contributed by atoms with E-state index in [1.807, 2.05) is 22.6 Å². The maximum atomic E-state index is 12.8. The Kier molecular flexibility index (Phi) is 5.06. The lowest BCUT2D eigenvalue weighted by atomic mass is 10.2. The molecule has 3 rings (SSSR count). The first-order valence-corrected chi connectivity index (χ1v) is 8.10. The zero-order chi connectivity index (χ0) is 17.9. The molecule has 0 bridgehead atoms. The molecule has 10 heteroatoms. The molecule has 0 amide bonds. The van der Waals surface area contributed by atoms with Crippen LogP contribution in [0.1, 0.15) is 11.3 Å². The maximum Gasteiger partial charge on any atom is 0.416 e. The van der Waals surface area contributed by atoms with Gasteiger partial charge in [-0.2, -0.15) is 28.1 Å². The molecule has 6 nitrogen and oxygen atoms in total. The number of aromatic nitrogens is 3. The summed E-state index contributed by atoms with van der Waals surface area (Å²) >= 11 is 1.90. The highest BCUT2D eigenvalue weighted by molar-refractivity contribution is 14.1. The van der Waals surface area contributed by atoms with Crippen LogP contribution in [0.2, 0.25) is 0 Å². The van der Waals surface area contributed by atoms with E-state index in [0.717, 1.165) is 12.1 Å². The highest BCUT2D eigenvalue weighted by Gasteiger charge is 2.30. The summed E-state index contributed by atoms with van der Waals surface area (Å²) in [4.78, 5) is 12.3. The van der Waals surface area contributed by atoms with Gasteiger partial charge in [-0.3, -0.25) is 0 Å². The predicted octanol–water partition coefficient (Wildman–Crippen LogP) is 4.44. The van der Waals surface area contributed by atoms with Gasteiger partial charge in [0.25, 0.3) is 0 Å². The van der Waals surface area contributed by atoms with Crippen LogP contribution in [0, 0.1) is 3.83 Å². The summed E-state index contributed by atoms with van der Waals surface area (Å²) in [5, 5.41) is 5.73. The van der Waals surface area contributed by atoms with E-state index in [1.54, 1.807) is 18.4 Å². The first-order valence-electron chi connectivity index (χ1n) is 7.02. The quantitative estimate of drug-likeness (QED) is 0.548. The van der Waals surface area contributed by atoms with Crippen LogP contribution in [-0.2, 0) is 12.7 Å². The Morgan fingerprint density at radius 2 is 1.84 bits per heavy atom. The Bertz CT molecular complexity index is 855. The summed E-state index contributed by atoms with van der Waals surface area (Å²) in [6, 6.07) is 8.36. The van der Waals surface area contributed by atoms with Crippen LogP contribution in [0.3, 0.4) is 0 Å². The summed E-state index contributed by atoms with van der Waals surface area (Å²) in [6.45, 7) is 0.371. The summed E-state index contributed by atoms with van der Waals surface area (Å²) in [5.41, 5.74) is -0.522. The van der Waals surface area contributed by atoms with Crippen LogP contribution in [0.25, 0.3) is 0 Å². The molecular weight excluding hydrogens is 450 g/mol. The van der Waals surface area contributed by atoms with Crippen LogP contribution in [0.15, 0.2) is 47.1 Å². The minimum Gasteiger partial charge on any atom is -0.467 e. The molecule has 0 aliphatic carbocycles. The molecule has 0 aliphatic heterocycles.